The number of rotatable bonds is 7. The molecule has 0 aliphatic carbocycles. The smallest absolute Gasteiger partial charge is 0.258 e. The summed E-state index contributed by atoms with van der Waals surface area (Å²) < 4.78 is 13.9. The van der Waals surface area contributed by atoms with Crippen LogP contribution in [0.4, 0.5) is 15.8 Å². The van der Waals surface area contributed by atoms with Crippen molar-refractivity contribution < 1.29 is 14.0 Å². The molecule has 1 aromatic heterocycles. The summed E-state index contributed by atoms with van der Waals surface area (Å²) in [5, 5.41) is 5.12. The number of pyridine rings is 1. The van der Waals surface area contributed by atoms with Crippen molar-refractivity contribution in [3.8, 4) is 0 Å². The van der Waals surface area contributed by atoms with Crippen LogP contribution in [-0.4, -0.2) is 16.8 Å². The number of benzene rings is 3. The first-order valence-corrected chi connectivity index (χ1v) is 11.1. The molecule has 2 amide bonds. The molecule has 1 atom stereocenters. The number of hydrogen-bond donors (Lipinski definition) is 2. The predicted molar refractivity (Wildman–Crippen MR) is 129 cm³/mol. The molecule has 33 heavy (non-hydrogen) atoms. The number of nitrogens with one attached hydrogen (secondary N) is 2. The second-order valence-corrected chi connectivity index (χ2v) is 8.27. The van der Waals surface area contributed by atoms with Crippen LogP contribution in [0.1, 0.15) is 21.2 Å². The summed E-state index contributed by atoms with van der Waals surface area (Å²) in [5.41, 5.74) is 1.97. The van der Waals surface area contributed by atoms with Gasteiger partial charge < -0.3 is 10.6 Å². The fraction of sp³-hybridized carbons (Fsp3) is 0.0385. The highest BCUT2D eigenvalue weighted by Crippen LogP contribution is 2.37. The van der Waals surface area contributed by atoms with E-state index in [1.165, 1.54) is 30.0 Å². The third kappa shape index (κ3) is 5.84. The summed E-state index contributed by atoms with van der Waals surface area (Å²) >= 11 is 1.36. The third-order valence-electron chi connectivity index (χ3n) is 4.75. The second-order valence-electron chi connectivity index (χ2n) is 7.10. The minimum Gasteiger partial charge on any atom is -0.325 e. The Bertz CT molecular complexity index is 1250. The lowest BCUT2D eigenvalue weighted by Gasteiger charge is -2.17. The fourth-order valence-corrected chi connectivity index (χ4v) is 4.25. The molecule has 7 heteroatoms. The summed E-state index contributed by atoms with van der Waals surface area (Å²) in [4.78, 5) is 30.4. The normalized spacial score (nSPS) is 11.4. The number of thioether (sulfide) groups is 1. The van der Waals surface area contributed by atoms with Gasteiger partial charge in [-0.2, -0.15) is 0 Å². The zero-order chi connectivity index (χ0) is 23.0. The van der Waals surface area contributed by atoms with E-state index in [-0.39, 0.29) is 11.5 Å². The molecule has 0 saturated carbocycles. The van der Waals surface area contributed by atoms with E-state index in [0.717, 1.165) is 10.5 Å². The summed E-state index contributed by atoms with van der Waals surface area (Å²) in [6.07, 6.45) is 3.23. The first-order chi connectivity index (χ1) is 16.1. The van der Waals surface area contributed by atoms with Crippen LogP contribution in [0.15, 0.2) is 108 Å². The molecule has 0 aliphatic heterocycles. The van der Waals surface area contributed by atoms with E-state index in [2.05, 4.69) is 15.6 Å². The molecule has 0 spiro atoms. The molecule has 0 radical (unpaired) electrons. The van der Waals surface area contributed by atoms with E-state index in [0.29, 0.717) is 11.4 Å². The average Bonchev–Trinajstić information content (AvgIpc) is 2.84. The van der Waals surface area contributed by atoms with Crippen molar-refractivity contribution in [3.63, 3.8) is 0 Å². The van der Waals surface area contributed by atoms with Gasteiger partial charge in [0.25, 0.3) is 5.91 Å². The van der Waals surface area contributed by atoms with Gasteiger partial charge in [-0.1, -0.05) is 48.5 Å². The minimum absolute atomic E-state index is 0.0329. The van der Waals surface area contributed by atoms with Gasteiger partial charge in [0.15, 0.2) is 0 Å². The summed E-state index contributed by atoms with van der Waals surface area (Å²) in [6.45, 7) is 0. The van der Waals surface area contributed by atoms with Crippen LogP contribution in [0.2, 0.25) is 0 Å². The molecule has 2 N–H and O–H groups in total. The Hall–Kier alpha value is -3.97. The lowest BCUT2D eigenvalue weighted by atomic mass is 10.1. The van der Waals surface area contributed by atoms with Crippen molar-refractivity contribution in [3.05, 3.63) is 120 Å². The Labute approximate surface area is 195 Å². The van der Waals surface area contributed by atoms with Gasteiger partial charge in [-0.3, -0.25) is 14.6 Å². The molecule has 0 aliphatic rings. The van der Waals surface area contributed by atoms with E-state index < -0.39 is 17.0 Å². The summed E-state index contributed by atoms with van der Waals surface area (Å²) in [5.74, 6) is -1.30. The van der Waals surface area contributed by atoms with Crippen molar-refractivity contribution in [1.29, 1.82) is 0 Å². The molecule has 0 fully saturated rings. The van der Waals surface area contributed by atoms with Crippen LogP contribution in [0.3, 0.4) is 0 Å². The first kappa shape index (κ1) is 22.2. The van der Waals surface area contributed by atoms with Crippen molar-refractivity contribution in [2.75, 3.05) is 10.6 Å². The van der Waals surface area contributed by atoms with Gasteiger partial charge in [-0.15, -0.1) is 11.8 Å². The zero-order valence-corrected chi connectivity index (χ0v) is 18.3. The quantitative estimate of drug-likeness (QED) is 0.337. The molecule has 4 aromatic rings. The number of carbonyl (C=O) groups excluding carboxylic acids is 2. The van der Waals surface area contributed by atoms with Crippen LogP contribution in [0.5, 0.6) is 0 Å². The standard InChI is InChI=1S/C26H20FN3O2S/c27-23-12-5-4-11-22(23)25(31)30-20-9-6-10-21(17-20)33-24(18-7-2-1-3-8-18)26(32)29-19-13-15-28-16-14-19/h1-17,24H,(H,30,31)(H,28,29,32). The first-order valence-electron chi connectivity index (χ1n) is 10.2. The van der Waals surface area contributed by atoms with Crippen molar-refractivity contribution >= 4 is 35.0 Å². The van der Waals surface area contributed by atoms with Crippen LogP contribution >= 0.6 is 11.8 Å². The summed E-state index contributed by atoms with van der Waals surface area (Å²) in [7, 11) is 0. The summed E-state index contributed by atoms with van der Waals surface area (Å²) in [6, 6.07) is 25.8. The monoisotopic (exact) mass is 457 g/mol. The van der Waals surface area contributed by atoms with Crippen molar-refractivity contribution in [2.24, 2.45) is 0 Å². The highest BCUT2D eigenvalue weighted by molar-refractivity contribution is 8.00. The average molecular weight is 458 g/mol. The lowest BCUT2D eigenvalue weighted by Crippen LogP contribution is -2.19. The number of halogens is 1. The maximum Gasteiger partial charge on any atom is 0.258 e. The highest BCUT2D eigenvalue weighted by atomic mass is 32.2. The number of amides is 2. The van der Waals surface area contributed by atoms with Crippen molar-refractivity contribution in [1.82, 2.24) is 4.98 Å². The Morgan fingerprint density at radius 1 is 0.788 bits per heavy atom. The fourth-order valence-electron chi connectivity index (χ4n) is 3.17. The molecule has 0 saturated heterocycles. The van der Waals surface area contributed by atoms with E-state index in [9.17, 15) is 14.0 Å². The van der Waals surface area contributed by atoms with Gasteiger partial charge >= 0.3 is 0 Å². The predicted octanol–water partition coefficient (Wildman–Crippen LogP) is 5.95. The van der Waals surface area contributed by atoms with Crippen LogP contribution < -0.4 is 10.6 Å². The van der Waals surface area contributed by atoms with Crippen LogP contribution in [-0.2, 0) is 4.79 Å². The van der Waals surface area contributed by atoms with Gasteiger partial charge in [0, 0.05) is 28.7 Å². The van der Waals surface area contributed by atoms with Crippen LogP contribution in [0.25, 0.3) is 0 Å². The van der Waals surface area contributed by atoms with Gasteiger partial charge in [-0.25, -0.2) is 4.39 Å². The maximum atomic E-state index is 13.9. The van der Waals surface area contributed by atoms with E-state index in [4.69, 9.17) is 0 Å². The molecule has 4 rings (SSSR count). The van der Waals surface area contributed by atoms with Gasteiger partial charge in [0.05, 0.1) is 5.56 Å². The topological polar surface area (TPSA) is 71.1 Å². The molecular formula is C26H20FN3O2S. The highest BCUT2D eigenvalue weighted by Gasteiger charge is 2.22. The number of anilines is 2. The molecule has 164 valence electrons. The largest absolute Gasteiger partial charge is 0.325 e. The molecule has 0 bridgehead atoms. The molecule has 5 nitrogen and oxygen atoms in total. The van der Waals surface area contributed by atoms with Gasteiger partial charge in [0.1, 0.15) is 11.1 Å². The van der Waals surface area contributed by atoms with Gasteiger partial charge in [0.2, 0.25) is 5.91 Å². The lowest BCUT2D eigenvalue weighted by molar-refractivity contribution is -0.115. The van der Waals surface area contributed by atoms with Gasteiger partial charge in [-0.05, 0) is 48.0 Å². The van der Waals surface area contributed by atoms with Crippen molar-refractivity contribution in [2.45, 2.75) is 10.1 Å². The number of nitrogens with zero attached hydrogens (tertiary/aromatic N) is 1. The Morgan fingerprint density at radius 3 is 2.27 bits per heavy atom. The molecule has 3 aromatic carbocycles. The van der Waals surface area contributed by atoms with Crippen LogP contribution in [0, 0.1) is 5.82 Å². The Morgan fingerprint density at radius 2 is 1.52 bits per heavy atom. The number of carbonyl (C=O) groups is 2. The SMILES string of the molecule is O=C(Nc1cccc(SC(C(=O)Nc2ccncc2)c2ccccc2)c1)c1ccccc1F. The maximum absolute atomic E-state index is 13.9. The third-order valence-corrected chi connectivity index (χ3v) is 6.00. The molecule has 1 heterocycles. The molecule has 1 unspecified atom stereocenters. The van der Waals surface area contributed by atoms with E-state index in [1.54, 1.807) is 48.8 Å². The number of aromatic nitrogens is 1. The second kappa shape index (κ2) is 10.6. The molecular weight excluding hydrogens is 437 g/mol. The van der Waals surface area contributed by atoms with E-state index >= 15 is 0 Å². The Balaban J connectivity index is 1.54. The Kier molecular flexibility index (Phi) is 7.12. The zero-order valence-electron chi connectivity index (χ0n) is 17.4. The minimum atomic E-state index is -0.586. The number of hydrogen-bond acceptors (Lipinski definition) is 4. The van der Waals surface area contributed by atoms with E-state index in [1.807, 2.05) is 36.4 Å².